The number of benzene rings is 1. The molecule has 1 N–H and O–H groups in total. The Morgan fingerprint density at radius 1 is 1.24 bits per heavy atom. The van der Waals surface area contributed by atoms with Crippen molar-refractivity contribution < 1.29 is 0 Å². The van der Waals surface area contributed by atoms with Crippen LogP contribution in [-0.4, -0.2) is 35.6 Å². The van der Waals surface area contributed by atoms with Gasteiger partial charge in [-0.25, -0.2) is 0 Å². The fourth-order valence-corrected chi connectivity index (χ4v) is 3.77. The first-order valence-electron chi connectivity index (χ1n) is 8.54. The van der Waals surface area contributed by atoms with Crippen LogP contribution in [0.2, 0.25) is 0 Å². The highest BCUT2D eigenvalue weighted by atomic mass is 15.3. The smallest absolute Gasteiger partial charge is 0.0309 e. The lowest BCUT2D eigenvalue weighted by molar-refractivity contribution is 0.0385. The summed E-state index contributed by atoms with van der Waals surface area (Å²) >= 11 is 0. The summed E-state index contributed by atoms with van der Waals surface area (Å²) in [6.45, 7) is 10.8. The molecule has 0 spiro atoms. The molecule has 0 aromatic heterocycles. The average molecular weight is 286 g/mol. The van der Waals surface area contributed by atoms with Gasteiger partial charge in [0, 0.05) is 30.7 Å². The van der Waals surface area contributed by atoms with Crippen LogP contribution in [0.15, 0.2) is 30.3 Å². The normalized spacial score (nSPS) is 27.8. The lowest BCUT2D eigenvalue weighted by Gasteiger charge is -2.49. The first kappa shape index (κ1) is 15.1. The molecule has 2 heteroatoms. The maximum absolute atomic E-state index is 3.79. The van der Waals surface area contributed by atoms with Crippen molar-refractivity contribution >= 4 is 0 Å². The van der Waals surface area contributed by atoms with Gasteiger partial charge in [0.1, 0.15) is 0 Å². The molecular formula is C19H30N2. The van der Waals surface area contributed by atoms with Crippen molar-refractivity contribution in [2.75, 3.05) is 19.6 Å². The van der Waals surface area contributed by atoms with E-state index in [1.165, 1.54) is 44.3 Å². The van der Waals surface area contributed by atoms with E-state index < -0.39 is 0 Å². The molecule has 1 aromatic rings. The van der Waals surface area contributed by atoms with Crippen LogP contribution in [0.1, 0.15) is 45.6 Å². The molecule has 21 heavy (non-hydrogen) atoms. The zero-order chi connectivity index (χ0) is 14.9. The van der Waals surface area contributed by atoms with E-state index in [9.17, 15) is 0 Å². The van der Waals surface area contributed by atoms with Gasteiger partial charge in [0.15, 0.2) is 0 Å². The minimum Gasteiger partial charge on any atom is -0.309 e. The summed E-state index contributed by atoms with van der Waals surface area (Å²) in [7, 11) is 0. The highest BCUT2D eigenvalue weighted by Crippen LogP contribution is 2.41. The van der Waals surface area contributed by atoms with Crippen LogP contribution in [-0.2, 0) is 6.42 Å². The van der Waals surface area contributed by atoms with Crippen molar-refractivity contribution in [2.45, 2.75) is 57.5 Å². The van der Waals surface area contributed by atoms with Gasteiger partial charge in [0.25, 0.3) is 0 Å². The Labute approximate surface area is 129 Å². The predicted octanol–water partition coefficient (Wildman–Crippen LogP) is 3.47. The molecule has 1 aliphatic heterocycles. The van der Waals surface area contributed by atoms with Gasteiger partial charge in [0.05, 0.1) is 0 Å². The molecule has 2 nitrogen and oxygen atoms in total. The molecule has 1 heterocycles. The molecule has 2 aliphatic rings. The van der Waals surface area contributed by atoms with Crippen LogP contribution >= 0.6 is 0 Å². The van der Waals surface area contributed by atoms with Crippen molar-refractivity contribution in [1.82, 2.24) is 10.2 Å². The van der Waals surface area contributed by atoms with Crippen LogP contribution in [0.25, 0.3) is 0 Å². The molecule has 1 saturated carbocycles. The van der Waals surface area contributed by atoms with E-state index >= 15 is 0 Å². The zero-order valence-electron chi connectivity index (χ0n) is 13.9. The largest absolute Gasteiger partial charge is 0.309 e. The third kappa shape index (κ3) is 3.49. The maximum Gasteiger partial charge on any atom is 0.0309 e. The molecule has 0 radical (unpaired) electrons. The van der Waals surface area contributed by atoms with E-state index in [0.717, 1.165) is 12.5 Å². The first-order chi connectivity index (χ1) is 10.00. The van der Waals surface area contributed by atoms with E-state index in [2.05, 4.69) is 61.3 Å². The molecule has 0 bridgehead atoms. The second-order valence-corrected chi connectivity index (χ2v) is 7.84. The molecule has 116 valence electrons. The van der Waals surface area contributed by atoms with Crippen LogP contribution < -0.4 is 5.32 Å². The Hall–Kier alpha value is -0.860. The molecule has 1 unspecified atom stereocenters. The highest BCUT2D eigenvalue weighted by Gasteiger charge is 2.45. The highest BCUT2D eigenvalue weighted by molar-refractivity contribution is 5.15. The van der Waals surface area contributed by atoms with Crippen LogP contribution in [0.3, 0.4) is 0 Å². The second-order valence-electron chi connectivity index (χ2n) is 7.84. The number of aryl methyl sites for hydroxylation is 1. The molecular weight excluding hydrogens is 256 g/mol. The van der Waals surface area contributed by atoms with Gasteiger partial charge in [-0.1, -0.05) is 30.3 Å². The minimum absolute atomic E-state index is 0.286. The summed E-state index contributed by atoms with van der Waals surface area (Å²) in [5.74, 6) is 0.908. The second kappa shape index (κ2) is 5.73. The Morgan fingerprint density at radius 3 is 2.62 bits per heavy atom. The average Bonchev–Trinajstić information content (AvgIpc) is 3.32. The topological polar surface area (TPSA) is 15.3 Å². The van der Waals surface area contributed by atoms with Gasteiger partial charge in [-0.15, -0.1) is 0 Å². The van der Waals surface area contributed by atoms with Crippen LogP contribution in [0.4, 0.5) is 0 Å². The zero-order valence-corrected chi connectivity index (χ0v) is 13.9. The molecule has 0 amide bonds. The summed E-state index contributed by atoms with van der Waals surface area (Å²) < 4.78 is 0. The SMILES string of the molecule is CC1(C2CC2)CN(C(C)(C)CCc2ccccc2)CCN1. The summed E-state index contributed by atoms with van der Waals surface area (Å²) in [6.07, 6.45) is 5.25. The lowest BCUT2D eigenvalue weighted by atomic mass is 9.87. The number of nitrogens with zero attached hydrogens (tertiary/aromatic N) is 1. The third-order valence-electron chi connectivity index (χ3n) is 5.63. The van der Waals surface area contributed by atoms with Gasteiger partial charge in [-0.05, 0) is 57.9 Å². The van der Waals surface area contributed by atoms with E-state index in [-0.39, 0.29) is 5.54 Å². The standard InChI is InChI=1S/C19H30N2/c1-18(2,12-11-16-7-5-4-6-8-16)21-14-13-20-19(3,15-21)17-9-10-17/h4-8,17,20H,9-15H2,1-3H3. The Kier molecular flexibility index (Phi) is 4.11. The molecule has 1 aliphatic carbocycles. The Morgan fingerprint density at radius 2 is 1.95 bits per heavy atom. The summed E-state index contributed by atoms with van der Waals surface area (Å²) in [5.41, 5.74) is 2.10. The Bertz CT molecular complexity index is 464. The minimum atomic E-state index is 0.286. The molecule has 2 fully saturated rings. The van der Waals surface area contributed by atoms with Gasteiger partial charge in [0.2, 0.25) is 0 Å². The van der Waals surface area contributed by atoms with E-state index in [1.54, 1.807) is 0 Å². The number of hydrogen-bond acceptors (Lipinski definition) is 2. The van der Waals surface area contributed by atoms with Crippen LogP contribution in [0, 0.1) is 5.92 Å². The van der Waals surface area contributed by atoms with E-state index in [1.807, 2.05) is 0 Å². The van der Waals surface area contributed by atoms with E-state index in [4.69, 9.17) is 0 Å². The van der Waals surface area contributed by atoms with E-state index in [0.29, 0.717) is 5.54 Å². The number of nitrogens with one attached hydrogen (secondary N) is 1. The molecule has 3 rings (SSSR count). The first-order valence-corrected chi connectivity index (χ1v) is 8.54. The van der Waals surface area contributed by atoms with Crippen LogP contribution in [0.5, 0.6) is 0 Å². The monoisotopic (exact) mass is 286 g/mol. The lowest BCUT2D eigenvalue weighted by Crippen LogP contribution is -2.64. The van der Waals surface area contributed by atoms with Crippen molar-refractivity contribution in [3.8, 4) is 0 Å². The summed E-state index contributed by atoms with van der Waals surface area (Å²) in [5, 5.41) is 3.79. The molecule has 1 aromatic carbocycles. The fraction of sp³-hybridized carbons (Fsp3) is 0.684. The Balaban J connectivity index is 1.61. The van der Waals surface area contributed by atoms with Gasteiger partial charge in [-0.3, -0.25) is 4.90 Å². The van der Waals surface area contributed by atoms with Crippen molar-refractivity contribution in [1.29, 1.82) is 0 Å². The molecule has 1 saturated heterocycles. The maximum atomic E-state index is 3.79. The number of piperazine rings is 1. The summed E-state index contributed by atoms with van der Waals surface area (Å²) in [6, 6.07) is 10.9. The third-order valence-corrected chi connectivity index (χ3v) is 5.63. The fourth-order valence-electron chi connectivity index (χ4n) is 3.77. The molecule has 1 atom stereocenters. The summed E-state index contributed by atoms with van der Waals surface area (Å²) in [4.78, 5) is 2.73. The van der Waals surface area contributed by atoms with Crippen molar-refractivity contribution in [3.63, 3.8) is 0 Å². The number of rotatable bonds is 5. The van der Waals surface area contributed by atoms with Gasteiger partial charge in [-0.2, -0.15) is 0 Å². The van der Waals surface area contributed by atoms with Crippen molar-refractivity contribution in [3.05, 3.63) is 35.9 Å². The van der Waals surface area contributed by atoms with Crippen molar-refractivity contribution in [2.24, 2.45) is 5.92 Å². The quantitative estimate of drug-likeness (QED) is 0.891. The van der Waals surface area contributed by atoms with Gasteiger partial charge < -0.3 is 5.32 Å². The number of hydrogen-bond donors (Lipinski definition) is 1. The van der Waals surface area contributed by atoms with Gasteiger partial charge >= 0.3 is 0 Å². The predicted molar refractivity (Wildman–Crippen MR) is 89.5 cm³/mol.